The van der Waals surface area contributed by atoms with E-state index in [0.29, 0.717) is 18.4 Å². The molecule has 4 aliphatic heterocycles. The Kier molecular flexibility index (Phi) is 4.76. The molecule has 3 aliphatic carbocycles. The number of aliphatic hydroxyl groups excluding tert-OH is 1. The van der Waals surface area contributed by atoms with Crippen molar-refractivity contribution in [3.8, 4) is 0 Å². The summed E-state index contributed by atoms with van der Waals surface area (Å²) >= 11 is 0. The summed E-state index contributed by atoms with van der Waals surface area (Å²) in [6, 6.07) is 0. The van der Waals surface area contributed by atoms with Gasteiger partial charge in [-0.05, 0) is 70.8 Å². The first-order valence-corrected chi connectivity index (χ1v) is 14.1. The van der Waals surface area contributed by atoms with E-state index >= 15 is 0 Å². The maximum absolute atomic E-state index is 12.5. The second kappa shape index (κ2) is 7.18. The van der Waals surface area contributed by atoms with Gasteiger partial charge in [0.25, 0.3) is 0 Å². The number of carbonyl (C=O) groups is 2. The summed E-state index contributed by atoms with van der Waals surface area (Å²) in [5.74, 6) is -0.554. The molecule has 8 nitrogen and oxygen atoms in total. The van der Waals surface area contributed by atoms with Gasteiger partial charge in [-0.15, -0.1) is 0 Å². The van der Waals surface area contributed by atoms with Crippen molar-refractivity contribution in [2.45, 2.75) is 126 Å². The average molecular weight is 517 g/mol. The van der Waals surface area contributed by atoms with Crippen LogP contribution in [0.4, 0.5) is 0 Å². The Balaban J connectivity index is 1.20. The zero-order valence-electron chi connectivity index (χ0n) is 22.5. The molecule has 3 saturated heterocycles. The fourth-order valence-corrected chi connectivity index (χ4v) is 10.4. The van der Waals surface area contributed by atoms with Crippen molar-refractivity contribution in [1.29, 1.82) is 0 Å². The predicted molar refractivity (Wildman–Crippen MR) is 130 cm³/mol. The molecule has 8 heteroatoms. The highest BCUT2D eigenvalue weighted by Gasteiger charge is 2.83. The quantitative estimate of drug-likeness (QED) is 0.435. The standard InChI is InChI=1S/C29H40O8/c1-14-10-17(34-24(14)32)23(31)15(2)16-11-21-29(36-21)19-7-6-18-25(3,4)35-20-12-22(30)37-28(18,20)13-27(19,33)9-8-26(16,29)5/h10,15-21,23,31,33H,6-9,11-13H2,1-5H3/t15-,16+,17-,18-,19-,20+,21-,23-,26+,27-,28+,29-/m1/s1. The zero-order chi connectivity index (χ0) is 26.3. The highest BCUT2D eigenvalue weighted by molar-refractivity contribution is 5.90. The number of fused-ring (bicyclic) bond motifs is 1. The van der Waals surface area contributed by atoms with Gasteiger partial charge in [0.1, 0.15) is 23.4 Å². The molecular formula is C29H40O8. The van der Waals surface area contributed by atoms with E-state index < -0.39 is 34.6 Å². The molecule has 0 aromatic heterocycles. The van der Waals surface area contributed by atoms with Crippen LogP contribution < -0.4 is 0 Å². The van der Waals surface area contributed by atoms with Gasteiger partial charge in [-0.2, -0.15) is 0 Å². The summed E-state index contributed by atoms with van der Waals surface area (Å²) in [6.07, 6.45) is 4.49. The Morgan fingerprint density at radius 3 is 2.49 bits per heavy atom. The van der Waals surface area contributed by atoms with Crippen LogP contribution in [-0.2, 0) is 28.5 Å². The van der Waals surface area contributed by atoms with E-state index in [2.05, 4.69) is 27.7 Å². The second-order valence-corrected chi connectivity index (χ2v) is 14.0. The lowest BCUT2D eigenvalue weighted by atomic mass is 9.52. The van der Waals surface area contributed by atoms with Crippen LogP contribution in [0, 0.1) is 29.1 Å². The van der Waals surface area contributed by atoms with Crippen molar-refractivity contribution >= 4 is 11.9 Å². The minimum Gasteiger partial charge on any atom is -0.456 e. The number of esters is 2. The van der Waals surface area contributed by atoms with Crippen molar-refractivity contribution in [3.05, 3.63) is 11.6 Å². The number of aliphatic hydroxyl groups is 2. The molecule has 4 heterocycles. The molecular weight excluding hydrogens is 476 g/mol. The third-order valence-electron chi connectivity index (χ3n) is 12.1. The first kappa shape index (κ1) is 24.6. The van der Waals surface area contributed by atoms with Crippen molar-refractivity contribution in [2.24, 2.45) is 29.1 Å². The SMILES string of the molecule is CC1=C[C@H]([C@H](O)[C@H](C)[C@@H]2C[C@H]3O[C@]34[C@@H]3CC[C@@H]5C(C)(C)O[C@H]6CC(=O)O[C@]65C[C@]3(O)CC[C@@]24C)OC1=O. The van der Waals surface area contributed by atoms with E-state index in [1.807, 2.05) is 0 Å². The molecule has 6 fully saturated rings. The van der Waals surface area contributed by atoms with Crippen molar-refractivity contribution in [1.82, 2.24) is 0 Å². The summed E-state index contributed by atoms with van der Waals surface area (Å²) in [7, 11) is 0. The van der Waals surface area contributed by atoms with E-state index in [1.54, 1.807) is 13.0 Å². The highest BCUT2D eigenvalue weighted by atomic mass is 16.6. The van der Waals surface area contributed by atoms with Crippen LogP contribution in [-0.4, -0.2) is 69.0 Å². The molecule has 0 aromatic carbocycles. The molecule has 12 atom stereocenters. The van der Waals surface area contributed by atoms with Gasteiger partial charge in [-0.3, -0.25) is 4.79 Å². The van der Waals surface area contributed by atoms with Crippen molar-refractivity contribution in [3.63, 3.8) is 0 Å². The second-order valence-electron chi connectivity index (χ2n) is 14.0. The number of epoxide rings is 1. The van der Waals surface area contributed by atoms with Gasteiger partial charge in [0.05, 0.1) is 29.8 Å². The molecule has 2 spiro atoms. The molecule has 37 heavy (non-hydrogen) atoms. The zero-order valence-corrected chi connectivity index (χ0v) is 22.5. The van der Waals surface area contributed by atoms with Crippen LogP contribution >= 0.6 is 0 Å². The van der Waals surface area contributed by atoms with Gasteiger partial charge in [0.15, 0.2) is 0 Å². The summed E-state index contributed by atoms with van der Waals surface area (Å²) < 4.78 is 24.5. The molecule has 7 aliphatic rings. The molecule has 0 unspecified atom stereocenters. The average Bonchev–Trinajstić information content (AvgIpc) is 3.16. The first-order chi connectivity index (χ1) is 17.3. The smallest absolute Gasteiger partial charge is 0.334 e. The fraction of sp³-hybridized carbons (Fsp3) is 0.862. The van der Waals surface area contributed by atoms with Crippen LogP contribution in [0.2, 0.25) is 0 Å². The highest BCUT2D eigenvalue weighted by Crippen LogP contribution is 2.76. The lowest BCUT2D eigenvalue weighted by Gasteiger charge is -2.55. The minimum atomic E-state index is -1.01. The van der Waals surface area contributed by atoms with Gasteiger partial charge in [0, 0.05) is 29.2 Å². The molecule has 0 bridgehead atoms. The third kappa shape index (κ3) is 2.88. The maximum atomic E-state index is 12.5. The maximum Gasteiger partial charge on any atom is 0.334 e. The van der Waals surface area contributed by atoms with E-state index in [0.717, 1.165) is 25.7 Å². The monoisotopic (exact) mass is 516 g/mol. The van der Waals surface area contributed by atoms with Crippen LogP contribution in [0.25, 0.3) is 0 Å². The number of hydrogen-bond donors (Lipinski definition) is 2. The Morgan fingerprint density at radius 1 is 1.05 bits per heavy atom. The third-order valence-corrected chi connectivity index (χ3v) is 12.1. The van der Waals surface area contributed by atoms with Crippen molar-refractivity contribution < 1.29 is 38.7 Å². The Hall–Kier alpha value is -1.48. The Bertz CT molecular complexity index is 1100. The van der Waals surface area contributed by atoms with Gasteiger partial charge in [0.2, 0.25) is 0 Å². The number of rotatable bonds is 3. The molecule has 0 radical (unpaired) electrons. The first-order valence-electron chi connectivity index (χ1n) is 14.1. The summed E-state index contributed by atoms with van der Waals surface area (Å²) in [5, 5.41) is 23.7. The lowest BCUT2D eigenvalue weighted by molar-refractivity contribution is -0.185. The van der Waals surface area contributed by atoms with Gasteiger partial charge >= 0.3 is 11.9 Å². The van der Waals surface area contributed by atoms with E-state index in [1.165, 1.54) is 0 Å². The Morgan fingerprint density at radius 2 is 1.78 bits per heavy atom. The predicted octanol–water partition coefficient (Wildman–Crippen LogP) is 2.82. The Labute approximate surface area is 218 Å². The van der Waals surface area contributed by atoms with Crippen LogP contribution in [0.15, 0.2) is 11.6 Å². The summed E-state index contributed by atoms with van der Waals surface area (Å²) in [5.41, 5.74) is -2.34. The topological polar surface area (TPSA) is 115 Å². The molecule has 7 rings (SSSR count). The van der Waals surface area contributed by atoms with E-state index in [4.69, 9.17) is 18.9 Å². The number of ether oxygens (including phenoxy) is 4. The summed E-state index contributed by atoms with van der Waals surface area (Å²) in [6.45, 7) is 10.2. The minimum absolute atomic E-state index is 0.0240. The molecule has 0 amide bonds. The molecule has 3 saturated carbocycles. The van der Waals surface area contributed by atoms with Crippen LogP contribution in [0.5, 0.6) is 0 Å². The van der Waals surface area contributed by atoms with Crippen LogP contribution in [0.3, 0.4) is 0 Å². The number of hydrogen-bond acceptors (Lipinski definition) is 8. The van der Waals surface area contributed by atoms with E-state index in [-0.39, 0.29) is 59.7 Å². The fourth-order valence-electron chi connectivity index (χ4n) is 10.4. The lowest BCUT2D eigenvalue weighted by Crippen LogP contribution is -2.61. The van der Waals surface area contributed by atoms with Crippen molar-refractivity contribution in [2.75, 3.05) is 0 Å². The van der Waals surface area contributed by atoms with Gasteiger partial charge < -0.3 is 29.2 Å². The molecule has 0 aromatic rings. The largest absolute Gasteiger partial charge is 0.456 e. The van der Waals surface area contributed by atoms with Crippen LogP contribution in [0.1, 0.15) is 79.6 Å². The number of carbonyl (C=O) groups excluding carboxylic acids is 2. The number of cyclic esters (lactones) is 1. The van der Waals surface area contributed by atoms with E-state index in [9.17, 15) is 19.8 Å². The molecule has 2 N–H and O–H groups in total. The van der Waals surface area contributed by atoms with Gasteiger partial charge in [-0.25, -0.2) is 4.79 Å². The normalized spacial score (nSPS) is 54.5. The molecule has 204 valence electrons. The summed E-state index contributed by atoms with van der Waals surface area (Å²) in [4.78, 5) is 24.4. The van der Waals surface area contributed by atoms with Gasteiger partial charge in [-0.1, -0.05) is 13.8 Å².